The Bertz CT molecular complexity index is 1260. The van der Waals surface area contributed by atoms with E-state index in [0.717, 1.165) is 0 Å². The highest BCUT2D eigenvalue weighted by Crippen LogP contribution is 2.33. The van der Waals surface area contributed by atoms with Crippen LogP contribution in [0.25, 0.3) is 0 Å². The molecule has 2 aromatic carbocycles. The zero-order chi connectivity index (χ0) is 24.6. The predicted octanol–water partition coefficient (Wildman–Crippen LogP) is 4.63. The van der Waals surface area contributed by atoms with Crippen molar-refractivity contribution in [2.75, 3.05) is 11.9 Å². The lowest BCUT2D eigenvalue weighted by atomic mass is 10.0. The fourth-order valence-corrected chi connectivity index (χ4v) is 3.60. The maximum Gasteiger partial charge on any atom is 0.275 e. The molecule has 0 aliphatic carbocycles. The van der Waals surface area contributed by atoms with E-state index in [-0.39, 0.29) is 12.2 Å². The molecule has 8 nitrogen and oxygen atoms in total. The van der Waals surface area contributed by atoms with Crippen molar-refractivity contribution in [2.45, 2.75) is 19.5 Å². The third-order valence-corrected chi connectivity index (χ3v) is 5.13. The van der Waals surface area contributed by atoms with Crippen LogP contribution in [-0.4, -0.2) is 33.3 Å². The summed E-state index contributed by atoms with van der Waals surface area (Å²) in [6.45, 7) is 2.17. The lowest BCUT2D eigenvalue weighted by Crippen LogP contribution is -2.41. The second-order valence-electron chi connectivity index (χ2n) is 7.47. The Balaban J connectivity index is 1.81. The number of rotatable bonds is 9. The summed E-state index contributed by atoms with van der Waals surface area (Å²) in [6, 6.07) is 14.6. The number of furan rings is 1. The Kier molecular flexibility index (Phi) is 7.47. The lowest BCUT2D eigenvalue weighted by Gasteiger charge is -2.31. The molecule has 0 spiro atoms. The van der Waals surface area contributed by atoms with Crippen LogP contribution in [0.3, 0.4) is 0 Å². The van der Waals surface area contributed by atoms with Crippen LogP contribution in [0.5, 0.6) is 5.75 Å². The number of aromatic nitrogens is 2. The van der Waals surface area contributed by atoms with E-state index in [0.29, 0.717) is 29.4 Å². The molecule has 0 radical (unpaired) electrons. The van der Waals surface area contributed by atoms with Gasteiger partial charge in [-0.2, -0.15) is 0 Å². The summed E-state index contributed by atoms with van der Waals surface area (Å²) in [5.74, 6) is -0.563. The summed E-state index contributed by atoms with van der Waals surface area (Å²) in [5.41, 5.74) is 0.908. The van der Waals surface area contributed by atoms with Gasteiger partial charge in [-0.15, -0.1) is 0 Å². The van der Waals surface area contributed by atoms with E-state index in [4.69, 9.17) is 9.15 Å². The minimum atomic E-state index is -1.14. The molecule has 178 valence electrons. The van der Waals surface area contributed by atoms with Crippen LogP contribution in [0, 0.1) is 5.82 Å². The van der Waals surface area contributed by atoms with Crippen LogP contribution in [0.15, 0.2) is 89.9 Å². The standard InChI is InChI=1S/C26H23FN4O4/c1-2-34-23-8-4-3-7-21(23)24(25(32)30-19-11-9-18(27)10-12-19)31(17-20-6-5-15-35-20)26(33)22-16-28-13-14-29-22/h3-16,24H,2,17H2,1H3,(H,30,32)/t24-/m0/s1. The number of amides is 2. The zero-order valence-electron chi connectivity index (χ0n) is 18.9. The van der Waals surface area contributed by atoms with Gasteiger partial charge in [-0.05, 0) is 49.4 Å². The number of carbonyl (C=O) groups is 2. The zero-order valence-corrected chi connectivity index (χ0v) is 18.9. The lowest BCUT2D eigenvalue weighted by molar-refractivity contribution is -0.121. The van der Waals surface area contributed by atoms with Gasteiger partial charge in [0.15, 0.2) is 0 Å². The Morgan fingerprint density at radius 1 is 1.09 bits per heavy atom. The summed E-state index contributed by atoms with van der Waals surface area (Å²) < 4.78 is 24.7. The molecule has 0 saturated carbocycles. The minimum Gasteiger partial charge on any atom is -0.494 e. The average molecular weight is 474 g/mol. The highest BCUT2D eigenvalue weighted by atomic mass is 19.1. The van der Waals surface area contributed by atoms with Crippen LogP contribution in [0.2, 0.25) is 0 Å². The summed E-state index contributed by atoms with van der Waals surface area (Å²) >= 11 is 0. The Morgan fingerprint density at radius 3 is 2.57 bits per heavy atom. The predicted molar refractivity (Wildman–Crippen MR) is 126 cm³/mol. The molecule has 1 atom stereocenters. The number of anilines is 1. The van der Waals surface area contributed by atoms with E-state index in [9.17, 15) is 14.0 Å². The Morgan fingerprint density at radius 2 is 1.89 bits per heavy atom. The van der Waals surface area contributed by atoms with Crippen molar-refractivity contribution in [3.05, 3.63) is 108 Å². The van der Waals surface area contributed by atoms with Crippen LogP contribution >= 0.6 is 0 Å². The molecule has 0 fully saturated rings. The normalized spacial score (nSPS) is 11.5. The van der Waals surface area contributed by atoms with Gasteiger partial charge in [-0.3, -0.25) is 14.6 Å². The molecule has 0 aliphatic rings. The number of ether oxygens (including phenoxy) is 1. The van der Waals surface area contributed by atoms with Crippen molar-refractivity contribution in [3.8, 4) is 5.75 Å². The van der Waals surface area contributed by atoms with Gasteiger partial charge in [0.05, 0.1) is 25.6 Å². The monoisotopic (exact) mass is 474 g/mol. The molecule has 1 N–H and O–H groups in total. The fourth-order valence-electron chi connectivity index (χ4n) is 3.60. The number of hydrogen-bond acceptors (Lipinski definition) is 6. The molecule has 2 heterocycles. The van der Waals surface area contributed by atoms with Crippen LogP contribution < -0.4 is 10.1 Å². The van der Waals surface area contributed by atoms with E-state index < -0.39 is 23.7 Å². The third-order valence-electron chi connectivity index (χ3n) is 5.13. The quantitative estimate of drug-likeness (QED) is 0.380. The Labute approximate surface area is 201 Å². The third kappa shape index (κ3) is 5.70. The van der Waals surface area contributed by atoms with Crippen LogP contribution in [0.4, 0.5) is 10.1 Å². The van der Waals surface area contributed by atoms with Gasteiger partial charge in [-0.25, -0.2) is 9.37 Å². The van der Waals surface area contributed by atoms with Crippen LogP contribution in [0.1, 0.15) is 34.8 Å². The van der Waals surface area contributed by atoms with Crippen molar-refractivity contribution >= 4 is 17.5 Å². The first kappa shape index (κ1) is 23.6. The van der Waals surface area contributed by atoms with Gasteiger partial charge < -0.3 is 19.4 Å². The number of nitrogens with zero attached hydrogens (tertiary/aromatic N) is 3. The molecule has 4 aromatic rings. The largest absolute Gasteiger partial charge is 0.494 e. The maximum atomic E-state index is 13.7. The van der Waals surface area contributed by atoms with E-state index in [1.54, 1.807) is 36.4 Å². The molecular formula is C26H23FN4O4. The molecule has 0 bridgehead atoms. The second-order valence-corrected chi connectivity index (χ2v) is 7.47. The molecule has 0 unspecified atom stereocenters. The van der Waals surface area contributed by atoms with Gasteiger partial charge >= 0.3 is 0 Å². The molecular weight excluding hydrogens is 451 g/mol. The summed E-state index contributed by atoms with van der Waals surface area (Å²) in [7, 11) is 0. The first-order valence-electron chi connectivity index (χ1n) is 10.9. The Hall–Kier alpha value is -4.53. The molecule has 4 rings (SSSR count). The first-order valence-corrected chi connectivity index (χ1v) is 10.9. The molecule has 9 heteroatoms. The topological polar surface area (TPSA) is 97.6 Å². The summed E-state index contributed by atoms with van der Waals surface area (Å²) in [4.78, 5) is 36.9. The van der Waals surface area contributed by atoms with Gasteiger partial charge in [0.25, 0.3) is 11.8 Å². The summed E-state index contributed by atoms with van der Waals surface area (Å²) in [6.07, 6.45) is 5.68. The van der Waals surface area contributed by atoms with Crippen molar-refractivity contribution < 1.29 is 23.1 Å². The number of halogens is 1. The van der Waals surface area contributed by atoms with E-state index in [1.165, 1.54) is 54.0 Å². The van der Waals surface area contributed by atoms with Gasteiger partial charge in [-0.1, -0.05) is 18.2 Å². The highest BCUT2D eigenvalue weighted by Gasteiger charge is 2.35. The van der Waals surface area contributed by atoms with Crippen LogP contribution in [-0.2, 0) is 11.3 Å². The van der Waals surface area contributed by atoms with Gasteiger partial charge in [0.1, 0.15) is 29.1 Å². The molecule has 2 aromatic heterocycles. The maximum absolute atomic E-state index is 13.7. The number of hydrogen-bond donors (Lipinski definition) is 1. The smallest absolute Gasteiger partial charge is 0.275 e. The second kappa shape index (κ2) is 11.1. The molecule has 0 saturated heterocycles. The average Bonchev–Trinajstić information content (AvgIpc) is 3.40. The van der Waals surface area contributed by atoms with E-state index in [1.807, 2.05) is 6.92 Å². The molecule has 35 heavy (non-hydrogen) atoms. The fraction of sp³-hybridized carbons (Fsp3) is 0.154. The first-order chi connectivity index (χ1) is 17.1. The number of para-hydroxylation sites is 1. The number of nitrogens with one attached hydrogen (secondary N) is 1. The van der Waals surface area contributed by atoms with E-state index in [2.05, 4.69) is 15.3 Å². The van der Waals surface area contributed by atoms with E-state index >= 15 is 0 Å². The van der Waals surface area contributed by atoms with Gasteiger partial charge in [0.2, 0.25) is 0 Å². The number of benzene rings is 2. The highest BCUT2D eigenvalue weighted by molar-refractivity contribution is 6.01. The minimum absolute atomic E-state index is 0.0234. The van der Waals surface area contributed by atoms with Crippen molar-refractivity contribution in [2.24, 2.45) is 0 Å². The molecule has 2 amide bonds. The SMILES string of the molecule is CCOc1ccccc1[C@@H](C(=O)Nc1ccc(F)cc1)N(Cc1ccco1)C(=O)c1cnccn1. The van der Waals surface area contributed by atoms with Gasteiger partial charge in [0, 0.05) is 23.6 Å². The van der Waals surface area contributed by atoms with Crippen molar-refractivity contribution in [1.29, 1.82) is 0 Å². The van der Waals surface area contributed by atoms with Crippen molar-refractivity contribution in [1.82, 2.24) is 14.9 Å². The summed E-state index contributed by atoms with van der Waals surface area (Å²) in [5, 5.41) is 2.78. The van der Waals surface area contributed by atoms with Crippen molar-refractivity contribution in [3.63, 3.8) is 0 Å². The number of carbonyl (C=O) groups excluding carboxylic acids is 2. The molecule has 0 aliphatic heterocycles.